The first kappa shape index (κ1) is 17.2. The van der Waals surface area contributed by atoms with Crippen LogP contribution in [0.1, 0.15) is 37.0 Å². The molecule has 0 spiro atoms. The first-order chi connectivity index (χ1) is 12.2. The van der Waals surface area contributed by atoms with E-state index in [9.17, 15) is 0 Å². The summed E-state index contributed by atoms with van der Waals surface area (Å²) in [4.78, 5) is 10.2. The van der Waals surface area contributed by atoms with Crippen molar-refractivity contribution in [2.45, 2.75) is 36.2 Å². The highest BCUT2D eigenvalue weighted by molar-refractivity contribution is 7.99. The van der Waals surface area contributed by atoms with E-state index in [1.807, 2.05) is 36.4 Å². The maximum absolute atomic E-state index is 9.03. The number of nitrogens with zero attached hydrogens (tertiary/aromatic N) is 4. The first-order valence-electron chi connectivity index (χ1n) is 8.09. The lowest BCUT2D eigenvalue weighted by atomic mass is 10.1. The molecule has 1 aromatic carbocycles. The highest BCUT2D eigenvalue weighted by Gasteiger charge is 2.20. The van der Waals surface area contributed by atoms with Gasteiger partial charge in [0.15, 0.2) is 5.82 Å². The highest BCUT2D eigenvalue weighted by Crippen LogP contribution is 2.34. The Bertz CT molecular complexity index is 845. The van der Waals surface area contributed by atoms with E-state index in [4.69, 9.17) is 10.2 Å². The maximum Gasteiger partial charge on any atom is 0.156 e. The molecule has 0 aliphatic carbocycles. The van der Waals surface area contributed by atoms with Crippen LogP contribution in [0.25, 0.3) is 0 Å². The van der Waals surface area contributed by atoms with Crippen molar-refractivity contribution in [2.24, 2.45) is 5.16 Å². The van der Waals surface area contributed by atoms with E-state index in [-0.39, 0.29) is 5.92 Å². The van der Waals surface area contributed by atoms with Gasteiger partial charge in [0.1, 0.15) is 11.2 Å². The third-order valence-electron chi connectivity index (χ3n) is 3.70. The molecule has 0 aliphatic heterocycles. The SMILES string of the molecule is CC(C)c1nc(/C=N/O)n(Cc2ccccn2)c1Sc1ccccc1. The van der Waals surface area contributed by atoms with Gasteiger partial charge in [0, 0.05) is 11.1 Å². The van der Waals surface area contributed by atoms with Gasteiger partial charge in [0.2, 0.25) is 0 Å². The summed E-state index contributed by atoms with van der Waals surface area (Å²) in [5, 5.41) is 13.3. The fourth-order valence-electron chi connectivity index (χ4n) is 2.51. The molecule has 2 aromatic heterocycles. The Morgan fingerprint density at radius 1 is 1.16 bits per heavy atom. The maximum atomic E-state index is 9.03. The molecule has 6 heteroatoms. The van der Waals surface area contributed by atoms with Crippen molar-refractivity contribution in [3.8, 4) is 0 Å². The summed E-state index contributed by atoms with van der Waals surface area (Å²) in [6.07, 6.45) is 3.16. The molecule has 0 bridgehead atoms. The zero-order valence-electron chi connectivity index (χ0n) is 14.2. The molecule has 0 saturated carbocycles. The zero-order valence-corrected chi connectivity index (χ0v) is 15.0. The molecule has 0 unspecified atom stereocenters. The number of rotatable bonds is 6. The van der Waals surface area contributed by atoms with Crippen LogP contribution in [0, 0.1) is 0 Å². The smallest absolute Gasteiger partial charge is 0.156 e. The van der Waals surface area contributed by atoms with Gasteiger partial charge in [0.05, 0.1) is 17.9 Å². The predicted octanol–water partition coefficient (Wildman–Crippen LogP) is 4.41. The van der Waals surface area contributed by atoms with Crippen molar-refractivity contribution in [3.63, 3.8) is 0 Å². The van der Waals surface area contributed by atoms with Gasteiger partial charge in [-0.1, -0.05) is 55.0 Å². The fraction of sp³-hybridized carbons (Fsp3) is 0.211. The Kier molecular flexibility index (Phi) is 5.50. The molecule has 3 aromatic rings. The third kappa shape index (κ3) is 4.09. The van der Waals surface area contributed by atoms with E-state index in [0.717, 1.165) is 21.3 Å². The average Bonchev–Trinajstić information content (AvgIpc) is 2.95. The van der Waals surface area contributed by atoms with Crippen molar-refractivity contribution in [1.29, 1.82) is 0 Å². The average molecular weight is 352 g/mol. The van der Waals surface area contributed by atoms with Crippen LogP contribution in [0.4, 0.5) is 0 Å². The topological polar surface area (TPSA) is 63.3 Å². The molecule has 0 atom stereocenters. The first-order valence-corrected chi connectivity index (χ1v) is 8.91. The minimum atomic E-state index is 0.252. The number of oxime groups is 1. The molecule has 0 aliphatic rings. The summed E-state index contributed by atoms with van der Waals surface area (Å²) in [5.74, 6) is 0.873. The van der Waals surface area contributed by atoms with E-state index in [0.29, 0.717) is 12.4 Å². The minimum absolute atomic E-state index is 0.252. The van der Waals surface area contributed by atoms with Gasteiger partial charge in [-0.3, -0.25) is 4.98 Å². The predicted molar refractivity (Wildman–Crippen MR) is 99.6 cm³/mol. The summed E-state index contributed by atoms with van der Waals surface area (Å²) in [7, 11) is 0. The molecule has 25 heavy (non-hydrogen) atoms. The standard InChI is InChI=1S/C19H20N4OS/c1-14(2)18-19(25-16-9-4-3-5-10-16)23(17(22-18)12-21-24)13-15-8-6-7-11-20-15/h3-12,14,24H,13H2,1-2H3/b21-12+. The van der Waals surface area contributed by atoms with Gasteiger partial charge in [0.25, 0.3) is 0 Å². The van der Waals surface area contributed by atoms with Crippen LogP contribution in [0.15, 0.2) is 69.8 Å². The molecule has 3 rings (SSSR count). The van der Waals surface area contributed by atoms with Crippen molar-refractivity contribution < 1.29 is 5.21 Å². The summed E-state index contributed by atoms with van der Waals surface area (Å²) < 4.78 is 2.05. The lowest BCUT2D eigenvalue weighted by Gasteiger charge is -2.12. The van der Waals surface area contributed by atoms with Crippen LogP contribution < -0.4 is 0 Å². The molecule has 128 valence electrons. The molecule has 0 radical (unpaired) electrons. The van der Waals surface area contributed by atoms with E-state index in [2.05, 4.69) is 40.7 Å². The fourth-order valence-corrected chi connectivity index (χ4v) is 3.68. The molecular formula is C19H20N4OS. The molecule has 1 N–H and O–H groups in total. The van der Waals surface area contributed by atoms with Gasteiger partial charge in [-0.25, -0.2) is 4.98 Å². The highest BCUT2D eigenvalue weighted by atomic mass is 32.2. The molecule has 5 nitrogen and oxygen atoms in total. The van der Waals surface area contributed by atoms with Crippen LogP contribution in [0.5, 0.6) is 0 Å². The second kappa shape index (κ2) is 7.98. The van der Waals surface area contributed by atoms with Crippen molar-refractivity contribution in [1.82, 2.24) is 14.5 Å². The molecular weight excluding hydrogens is 332 g/mol. The van der Waals surface area contributed by atoms with E-state index in [1.165, 1.54) is 6.21 Å². The summed E-state index contributed by atoms with van der Waals surface area (Å²) in [5.41, 5.74) is 1.91. The molecule has 2 heterocycles. The second-order valence-electron chi connectivity index (χ2n) is 5.88. The van der Waals surface area contributed by atoms with Crippen LogP contribution in [-0.2, 0) is 6.54 Å². The minimum Gasteiger partial charge on any atom is -0.411 e. The monoisotopic (exact) mass is 352 g/mol. The molecule has 0 fully saturated rings. The van der Waals surface area contributed by atoms with Crippen LogP contribution >= 0.6 is 11.8 Å². The van der Waals surface area contributed by atoms with Crippen LogP contribution in [-0.4, -0.2) is 26.0 Å². The van der Waals surface area contributed by atoms with Gasteiger partial charge in [-0.15, -0.1) is 0 Å². The van der Waals surface area contributed by atoms with Crippen molar-refractivity contribution >= 4 is 18.0 Å². The summed E-state index contributed by atoms with van der Waals surface area (Å²) in [6.45, 7) is 4.79. The lowest BCUT2D eigenvalue weighted by Crippen LogP contribution is -2.07. The van der Waals surface area contributed by atoms with E-state index in [1.54, 1.807) is 18.0 Å². The number of hydrogen-bond acceptors (Lipinski definition) is 5. The number of pyridine rings is 1. The molecule has 0 amide bonds. The van der Waals surface area contributed by atoms with Crippen molar-refractivity contribution in [2.75, 3.05) is 0 Å². The Labute approximate surface area is 151 Å². The quantitative estimate of drug-likeness (QED) is 0.405. The third-order valence-corrected chi connectivity index (χ3v) is 4.83. The van der Waals surface area contributed by atoms with Crippen molar-refractivity contribution in [3.05, 3.63) is 71.9 Å². The number of imidazole rings is 1. The van der Waals surface area contributed by atoms with Crippen LogP contribution in [0.3, 0.4) is 0 Å². The van der Waals surface area contributed by atoms with Gasteiger partial charge in [-0.2, -0.15) is 0 Å². The van der Waals surface area contributed by atoms with E-state index >= 15 is 0 Å². The van der Waals surface area contributed by atoms with Gasteiger partial charge < -0.3 is 9.77 Å². The normalized spacial score (nSPS) is 11.5. The Hall–Kier alpha value is -2.60. The number of hydrogen-bond donors (Lipinski definition) is 1. The number of benzene rings is 1. The zero-order chi connectivity index (χ0) is 17.6. The van der Waals surface area contributed by atoms with Crippen LogP contribution in [0.2, 0.25) is 0 Å². The van der Waals surface area contributed by atoms with Gasteiger partial charge >= 0.3 is 0 Å². The Balaban J connectivity index is 2.08. The number of aromatic nitrogens is 3. The summed E-state index contributed by atoms with van der Waals surface area (Å²) in [6, 6.07) is 16.0. The van der Waals surface area contributed by atoms with Gasteiger partial charge in [-0.05, 0) is 30.2 Å². The Morgan fingerprint density at radius 3 is 2.56 bits per heavy atom. The second-order valence-corrected chi connectivity index (χ2v) is 6.94. The summed E-state index contributed by atoms with van der Waals surface area (Å²) >= 11 is 1.66. The molecule has 0 saturated heterocycles. The largest absolute Gasteiger partial charge is 0.411 e. The van der Waals surface area contributed by atoms with E-state index < -0.39 is 0 Å². The lowest BCUT2D eigenvalue weighted by molar-refractivity contribution is 0.321. The Morgan fingerprint density at radius 2 is 1.92 bits per heavy atom.